The van der Waals surface area contributed by atoms with E-state index in [-0.39, 0.29) is 12.1 Å². The molecular weight excluding hydrogens is 204 g/mol. The standard InChI is InChI=1S/C12H22N2O2/c1-9(2)10(3)7-13-12(15)14-8-11-5-4-6-16-11/h7,9,11H,4-6,8H2,1-3H3,(H2,13,14,15)/b10-7+. The van der Waals surface area contributed by atoms with Crippen LogP contribution in [-0.2, 0) is 4.74 Å². The van der Waals surface area contributed by atoms with Gasteiger partial charge in [0.1, 0.15) is 0 Å². The van der Waals surface area contributed by atoms with Crippen LogP contribution >= 0.6 is 0 Å². The van der Waals surface area contributed by atoms with Crippen LogP contribution in [0, 0.1) is 5.92 Å². The predicted molar refractivity (Wildman–Crippen MR) is 64.1 cm³/mol. The lowest BCUT2D eigenvalue weighted by Crippen LogP contribution is -2.37. The van der Waals surface area contributed by atoms with Crippen LogP contribution in [0.4, 0.5) is 4.79 Å². The highest BCUT2D eigenvalue weighted by atomic mass is 16.5. The third-order valence-electron chi connectivity index (χ3n) is 2.86. The minimum Gasteiger partial charge on any atom is -0.376 e. The third-order valence-corrected chi connectivity index (χ3v) is 2.86. The molecule has 1 saturated heterocycles. The van der Waals surface area contributed by atoms with Gasteiger partial charge < -0.3 is 15.4 Å². The van der Waals surface area contributed by atoms with E-state index in [1.54, 1.807) is 6.20 Å². The van der Waals surface area contributed by atoms with E-state index in [1.807, 2.05) is 6.92 Å². The average Bonchev–Trinajstić information content (AvgIpc) is 2.75. The Kier molecular flexibility index (Phi) is 5.32. The van der Waals surface area contributed by atoms with Crippen LogP contribution in [0.1, 0.15) is 33.6 Å². The Bertz CT molecular complexity index is 256. The van der Waals surface area contributed by atoms with Gasteiger partial charge in [-0.2, -0.15) is 0 Å². The molecule has 1 rings (SSSR count). The molecule has 4 heteroatoms. The largest absolute Gasteiger partial charge is 0.376 e. The number of allylic oxidation sites excluding steroid dienone is 1. The smallest absolute Gasteiger partial charge is 0.318 e. The Morgan fingerprint density at radius 1 is 1.56 bits per heavy atom. The Morgan fingerprint density at radius 3 is 2.88 bits per heavy atom. The molecule has 16 heavy (non-hydrogen) atoms. The first-order valence-corrected chi connectivity index (χ1v) is 5.92. The number of carbonyl (C=O) groups is 1. The molecule has 0 saturated carbocycles. The van der Waals surface area contributed by atoms with E-state index in [4.69, 9.17) is 4.74 Å². The molecule has 1 aliphatic rings. The lowest BCUT2D eigenvalue weighted by Gasteiger charge is -2.11. The Labute approximate surface area is 97.4 Å². The Hall–Kier alpha value is -1.03. The second kappa shape index (κ2) is 6.53. The van der Waals surface area contributed by atoms with Crippen LogP contribution in [0.5, 0.6) is 0 Å². The van der Waals surface area contributed by atoms with Crippen molar-refractivity contribution in [2.45, 2.75) is 39.7 Å². The fourth-order valence-corrected chi connectivity index (χ4v) is 1.41. The number of carbonyl (C=O) groups excluding carboxylic acids is 1. The second-order valence-corrected chi connectivity index (χ2v) is 4.53. The van der Waals surface area contributed by atoms with Crippen LogP contribution in [0.25, 0.3) is 0 Å². The van der Waals surface area contributed by atoms with Crippen molar-refractivity contribution in [3.63, 3.8) is 0 Å². The molecule has 0 bridgehead atoms. The lowest BCUT2D eigenvalue weighted by atomic mass is 10.1. The van der Waals surface area contributed by atoms with E-state index in [0.717, 1.165) is 25.0 Å². The van der Waals surface area contributed by atoms with E-state index in [1.165, 1.54) is 0 Å². The monoisotopic (exact) mass is 226 g/mol. The zero-order chi connectivity index (χ0) is 12.0. The highest BCUT2D eigenvalue weighted by Crippen LogP contribution is 2.10. The summed E-state index contributed by atoms with van der Waals surface area (Å²) in [5.41, 5.74) is 1.16. The normalized spacial score (nSPS) is 21.2. The molecule has 0 aromatic rings. The summed E-state index contributed by atoms with van der Waals surface area (Å²) in [5.74, 6) is 0.457. The van der Waals surface area contributed by atoms with Crippen LogP contribution in [0.15, 0.2) is 11.8 Å². The number of rotatable bonds is 4. The molecule has 1 fully saturated rings. The highest BCUT2D eigenvalue weighted by Gasteiger charge is 2.15. The van der Waals surface area contributed by atoms with Crippen LogP contribution in [0.3, 0.4) is 0 Å². The van der Waals surface area contributed by atoms with Gasteiger partial charge in [0.2, 0.25) is 0 Å². The quantitative estimate of drug-likeness (QED) is 0.770. The summed E-state index contributed by atoms with van der Waals surface area (Å²) in [6.45, 7) is 7.61. The number of nitrogens with one attached hydrogen (secondary N) is 2. The highest BCUT2D eigenvalue weighted by molar-refractivity contribution is 5.74. The molecule has 0 radical (unpaired) electrons. The van der Waals surface area contributed by atoms with Crippen molar-refractivity contribution in [2.75, 3.05) is 13.2 Å². The molecule has 2 amide bonds. The average molecular weight is 226 g/mol. The maximum absolute atomic E-state index is 11.4. The maximum atomic E-state index is 11.4. The van der Waals surface area contributed by atoms with Gasteiger partial charge in [-0.3, -0.25) is 0 Å². The van der Waals surface area contributed by atoms with Gasteiger partial charge in [0.05, 0.1) is 6.10 Å². The second-order valence-electron chi connectivity index (χ2n) is 4.53. The minimum absolute atomic E-state index is 0.157. The summed E-state index contributed by atoms with van der Waals surface area (Å²) in [5, 5.41) is 5.52. The molecule has 92 valence electrons. The van der Waals surface area contributed by atoms with Crippen molar-refractivity contribution in [1.82, 2.24) is 10.6 Å². The van der Waals surface area contributed by atoms with Crippen molar-refractivity contribution < 1.29 is 9.53 Å². The first kappa shape index (κ1) is 13.0. The third kappa shape index (κ3) is 4.66. The van der Waals surface area contributed by atoms with Gasteiger partial charge in [0.15, 0.2) is 0 Å². The first-order valence-electron chi connectivity index (χ1n) is 5.92. The fourth-order valence-electron chi connectivity index (χ4n) is 1.41. The van der Waals surface area contributed by atoms with Crippen molar-refractivity contribution >= 4 is 6.03 Å². The molecule has 1 heterocycles. The van der Waals surface area contributed by atoms with E-state index < -0.39 is 0 Å². The van der Waals surface area contributed by atoms with Gasteiger partial charge in [0, 0.05) is 19.4 Å². The van der Waals surface area contributed by atoms with Gasteiger partial charge in [-0.15, -0.1) is 0 Å². The van der Waals surface area contributed by atoms with Gasteiger partial charge in [-0.25, -0.2) is 4.79 Å². The summed E-state index contributed by atoms with van der Waals surface area (Å²) in [6, 6.07) is -0.157. The fraction of sp³-hybridized carbons (Fsp3) is 0.750. The van der Waals surface area contributed by atoms with Crippen LogP contribution in [0.2, 0.25) is 0 Å². The summed E-state index contributed by atoms with van der Waals surface area (Å²) in [6.07, 6.45) is 4.10. The van der Waals surface area contributed by atoms with E-state index in [0.29, 0.717) is 12.5 Å². The molecule has 0 aromatic heterocycles. The Balaban J connectivity index is 2.17. The molecular formula is C12H22N2O2. The summed E-state index contributed by atoms with van der Waals surface area (Å²) in [4.78, 5) is 11.4. The van der Waals surface area contributed by atoms with Crippen LogP contribution < -0.4 is 10.6 Å². The SMILES string of the molecule is C/C(=C\NC(=O)NCC1CCCO1)C(C)C. The molecule has 1 unspecified atom stereocenters. The molecule has 2 N–H and O–H groups in total. The lowest BCUT2D eigenvalue weighted by molar-refractivity contribution is 0.111. The molecule has 1 aliphatic heterocycles. The molecule has 0 aliphatic carbocycles. The Morgan fingerprint density at radius 2 is 2.31 bits per heavy atom. The minimum atomic E-state index is -0.157. The molecule has 4 nitrogen and oxygen atoms in total. The zero-order valence-electron chi connectivity index (χ0n) is 10.4. The predicted octanol–water partition coefficient (Wildman–Crippen LogP) is 2.02. The summed E-state index contributed by atoms with van der Waals surface area (Å²) in [7, 11) is 0. The topological polar surface area (TPSA) is 50.4 Å². The number of urea groups is 1. The first-order chi connectivity index (χ1) is 7.59. The van der Waals surface area contributed by atoms with Gasteiger partial charge in [-0.05, 0) is 25.7 Å². The number of amides is 2. The van der Waals surface area contributed by atoms with Crippen molar-refractivity contribution in [3.8, 4) is 0 Å². The number of hydrogen-bond acceptors (Lipinski definition) is 2. The summed E-state index contributed by atoms with van der Waals surface area (Å²) >= 11 is 0. The van der Waals surface area contributed by atoms with Crippen LogP contribution in [-0.4, -0.2) is 25.3 Å². The number of ether oxygens (including phenoxy) is 1. The van der Waals surface area contributed by atoms with Gasteiger partial charge in [-0.1, -0.05) is 19.4 Å². The summed E-state index contributed by atoms with van der Waals surface area (Å²) < 4.78 is 5.41. The van der Waals surface area contributed by atoms with Gasteiger partial charge in [0.25, 0.3) is 0 Å². The zero-order valence-corrected chi connectivity index (χ0v) is 10.4. The van der Waals surface area contributed by atoms with Crippen molar-refractivity contribution in [1.29, 1.82) is 0 Å². The van der Waals surface area contributed by atoms with Crippen molar-refractivity contribution in [3.05, 3.63) is 11.8 Å². The maximum Gasteiger partial charge on any atom is 0.318 e. The molecule has 1 atom stereocenters. The van der Waals surface area contributed by atoms with E-state index in [9.17, 15) is 4.79 Å². The number of hydrogen-bond donors (Lipinski definition) is 2. The van der Waals surface area contributed by atoms with E-state index in [2.05, 4.69) is 24.5 Å². The molecule has 0 aromatic carbocycles. The van der Waals surface area contributed by atoms with Crippen molar-refractivity contribution in [2.24, 2.45) is 5.92 Å². The van der Waals surface area contributed by atoms with E-state index >= 15 is 0 Å². The molecule has 0 spiro atoms. The van der Waals surface area contributed by atoms with Gasteiger partial charge >= 0.3 is 6.03 Å².